The van der Waals surface area contributed by atoms with Gasteiger partial charge in [0.1, 0.15) is 0 Å². The van der Waals surface area contributed by atoms with Gasteiger partial charge in [-0.1, -0.05) is 20.4 Å². The van der Waals surface area contributed by atoms with Gasteiger partial charge in [-0.2, -0.15) is 5.10 Å². The van der Waals surface area contributed by atoms with Crippen molar-refractivity contribution < 1.29 is 0 Å². The van der Waals surface area contributed by atoms with Gasteiger partial charge in [0.15, 0.2) is 0 Å². The molecule has 4 N–H and O–H groups in total. The molecule has 2 rings (SSSR count). The summed E-state index contributed by atoms with van der Waals surface area (Å²) in [5.41, 5.74) is 9.71. The maximum atomic E-state index is 7.46. The number of nitrogens with zero attached hydrogens (tertiary/aromatic N) is 1. The molecule has 0 aliphatic heterocycles. The number of hydrogen-bond acceptors (Lipinski definition) is 3. The van der Waals surface area contributed by atoms with E-state index in [1.165, 1.54) is 6.08 Å². The highest BCUT2D eigenvalue weighted by Crippen LogP contribution is 2.23. The van der Waals surface area contributed by atoms with Gasteiger partial charge < -0.3 is 11.1 Å². The van der Waals surface area contributed by atoms with Gasteiger partial charge in [0.25, 0.3) is 0 Å². The number of hydrogen-bond donors (Lipinski definition) is 3. The highest BCUT2D eigenvalue weighted by Gasteiger charge is 2.05. The van der Waals surface area contributed by atoms with E-state index >= 15 is 0 Å². The van der Waals surface area contributed by atoms with E-state index in [2.05, 4.69) is 16.8 Å². The van der Waals surface area contributed by atoms with Crippen molar-refractivity contribution >= 4 is 28.4 Å². The van der Waals surface area contributed by atoms with Crippen molar-refractivity contribution in [3.05, 3.63) is 42.1 Å². The highest BCUT2D eigenvalue weighted by atomic mass is 15.1. The lowest BCUT2D eigenvalue weighted by Gasteiger charge is -1.99. The van der Waals surface area contributed by atoms with Crippen LogP contribution in [0.5, 0.6) is 0 Å². The number of nitrogens with one attached hydrogen (secondary N) is 2. The van der Waals surface area contributed by atoms with Crippen LogP contribution in [0.15, 0.2) is 30.9 Å². The van der Waals surface area contributed by atoms with Crippen molar-refractivity contribution in [3.8, 4) is 0 Å². The SMILES string of the molecule is C=CC(=N)/C=C/c1n[nH]c2cc(C)c(N)cc12.CC. The molecule has 0 radical (unpaired) electrons. The summed E-state index contributed by atoms with van der Waals surface area (Å²) in [7, 11) is 0. The normalized spacial score (nSPS) is 10.3. The van der Waals surface area contributed by atoms with Gasteiger partial charge in [-0.15, -0.1) is 0 Å². The highest BCUT2D eigenvalue weighted by molar-refractivity contribution is 6.04. The molecule has 2 aromatic rings. The Bertz CT molecular complexity index is 620. The maximum absolute atomic E-state index is 7.46. The standard InChI is InChI=1S/C13H14N4.C2H6/c1-3-9(14)4-5-12-10-7-11(15)8(2)6-13(10)17-16-12;1-2/h3-7,14H,1,15H2,2H3,(H,16,17);1-2H3/b5-4+,14-9?;. The van der Waals surface area contributed by atoms with Crippen LogP contribution < -0.4 is 5.73 Å². The maximum Gasteiger partial charge on any atom is 0.0928 e. The molecule has 1 aromatic carbocycles. The molecule has 0 atom stereocenters. The predicted octanol–water partition coefficient (Wildman–Crippen LogP) is 3.70. The summed E-state index contributed by atoms with van der Waals surface area (Å²) in [5.74, 6) is 0. The van der Waals surface area contributed by atoms with E-state index < -0.39 is 0 Å². The van der Waals surface area contributed by atoms with Gasteiger partial charge in [-0.3, -0.25) is 5.10 Å². The van der Waals surface area contributed by atoms with E-state index in [9.17, 15) is 0 Å². The van der Waals surface area contributed by atoms with Gasteiger partial charge in [-0.25, -0.2) is 0 Å². The van der Waals surface area contributed by atoms with E-state index in [0.29, 0.717) is 5.71 Å². The Balaban J connectivity index is 0.000000861. The number of nitrogens with two attached hydrogens (primary N) is 1. The van der Waals surface area contributed by atoms with Crippen LogP contribution in [0.3, 0.4) is 0 Å². The minimum atomic E-state index is 0.348. The average molecular weight is 256 g/mol. The van der Waals surface area contributed by atoms with Crippen LogP contribution in [0.4, 0.5) is 5.69 Å². The molecular formula is C15H20N4. The molecule has 4 nitrogen and oxygen atoms in total. The summed E-state index contributed by atoms with van der Waals surface area (Å²) in [5, 5.41) is 15.5. The Morgan fingerprint density at radius 1 is 1.42 bits per heavy atom. The van der Waals surface area contributed by atoms with Crippen molar-refractivity contribution in [2.75, 3.05) is 5.73 Å². The van der Waals surface area contributed by atoms with E-state index in [0.717, 1.165) is 27.8 Å². The summed E-state index contributed by atoms with van der Waals surface area (Å²) in [6, 6.07) is 3.86. The molecule has 0 aliphatic rings. The lowest BCUT2D eigenvalue weighted by atomic mass is 10.1. The Kier molecular flexibility index (Phi) is 5.06. The molecule has 0 spiro atoms. The number of nitrogen functional groups attached to an aromatic ring is 1. The lowest BCUT2D eigenvalue weighted by Crippen LogP contribution is -1.88. The summed E-state index contributed by atoms with van der Waals surface area (Å²) < 4.78 is 0. The van der Waals surface area contributed by atoms with Crippen LogP contribution >= 0.6 is 0 Å². The number of aryl methyl sites for hydroxylation is 1. The topological polar surface area (TPSA) is 78.5 Å². The van der Waals surface area contributed by atoms with Crippen LogP contribution in [-0.4, -0.2) is 15.9 Å². The van der Waals surface area contributed by atoms with Gasteiger partial charge in [0.05, 0.1) is 16.9 Å². The number of anilines is 1. The Morgan fingerprint density at radius 2 is 2.11 bits per heavy atom. The van der Waals surface area contributed by atoms with Crippen LogP contribution in [0.2, 0.25) is 0 Å². The molecule has 0 bridgehead atoms. The molecule has 19 heavy (non-hydrogen) atoms. The van der Waals surface area contributed by atoms with Gasteiger partial charge >= 0.3 is 0 Å². The van der Waals surface area contributed by atoms with Gasteiger partial charge in [-0.05, 0) is 42.8 Å². The average Bonchev–Trinajstić information content (AvgIpc) is 2.81. The summed E-state index contributed by atoms with van der Waals surface area (Å²) in [6.07, 6.45) is 4.90. The van der Waals surface area contributed by atoms with E-state index in [1.54, 1.807) is 12.2 Å². The zero-order valence-corrected chi connectivity index (χ0v) is 11.6. The summed E-state index contributed by atoms with van der Waals surface area (Å²) in [6.45, 7) is 9.48. The molecular weight excluding hydrogens is 236 g/mol. The van der Waals surface area contributed by atoms with E-state index in [-0.39, 0.29) is 0 Å². The number of aromatic nitrogens is 2. The molecule has 1 heterocycles. The van der Waals surface area contributed by atoms with Crippen molar-refractivity contribution in [2.45, 2.75) is 20.8 Å². The fourth-order valence-corrected chi connectivity index (χ4v) is 1.57. The number of fused-ring (bicyclic) bond motifs is 1. The number of H-pyrrole nitrogens is 1. The van der Waals surface area contributed by atoms with Gasteiger partial charge in [0.2, 0.25) is 0 Å². The molecule has 0 saturated carbocycles. The number of allylic oxidation sites excluding steroid dienone is 2. The minimum Gasteiger partial charge on any atom is -0.398 e. The molecule has 0 amide bonds. The number of benzene rings is 1. The summed E-state index contributed by atoms with van der Waals surface area (Å²) in [4.78, 5) is 0. The molecule has 0 saturated heterocycles. The van der Waals surface area contributed by atoms with Crippen molar-refractivity contribution in [1.82, 2.24) is 10.2 Å². The third kappa shape index (κ3) is 3.31. The van der Waals surface area contributed by atoms with Crippen molar-refractivity contribution in [3.63, 3.8) is 0 Å². The fraction of sp³-hybridized carbons (Fsp3) is 0.200. The zero-order valence-electron chi connectivity index (χ0n) is 11.6. The van der Waals surface area contributed by atoms with Crippen LogP contribution in [0, 0.1) is 12.3 Å². The van der Waals surface area contributed by atoms with Crippen LogP contribution in [0.25, 0.3) is 17.0 Å². The molecule has 0 fully saturated rings. The third-order valence-electron chi connectivity index (χ3n) is 2.62. The fourth-order valence-electron chi connectivity index (χ4n) is 1.57. The first kappa shape index (κ1) is 14.7. The number of rotatable bonds is 3. The smallest absolute Gasteiger partial charge is 0.0928 e. The predicted molar refractivity (Wildman–Crippen MR) is 83.5 cm³/mol. The lowest BCUT2D eigenvalue weighted by molar-refractivity contribution is 1.10. The van der Waals surface area contributed by atoms with Crippen molar-refractivity contribution in [1.29, 1.82) is 5.41 Å². The Hall–Kier alpha value is -2.36. The second-order valence-corrected chi connectivity index (χ2v) is 3.86. The third-order valence-corrected chi connectivity index (χ3v) is 2.62. The minimum absolute atomic E-state index is 0.348. The molecule has 0 aliphatic carbocycles. The molecule has 0 unspecified atom stereocenters. The van der Waals surface area contributed by atoms with E-state index in [4.69, 9.17) is 11.1 Å². The Labute approximate surface area is 113 Å². The molecule has 1 aromatic heterocycles. The first-order valence-corrected chi connectivity index (χ1v) is 6.25. The second kappa shape index (κ2) is 6.54. The Morgan fingerprint density at radius 3 is 2.74 bits per heavy atom. The second-order valence-electron chi connectivity index (χ2n) is 3.86. The first-order valence-electron chi connectivity index (χ1n) is 6.25. The van der Waals surface area contributed by atoms with Crippen LogP contribution in [0.1, 0.15) is 25.1 Å². The summed E-state index contributed by atoms with van der Waals surface area (Å²) >= 11 is 0. The largest absolute Gasteiger partial charge is 0.398 e. The first-order chi connectivity index (χ1) is 9.11. The molecule has 4 heteroatoms. The number of aromatic amines is 1. The molecule has 100 valence electrons. The quantitative estimate of drug-likeness (QED) is 0.578. The van der Waals surface area contributed by atoms with Gasteiger partial charge in [0, 0.05) is 11.1 Å². The van der Waals surface area contributed by atoms with Crippen LogP contribution in [-0.2, 0) is 0 Å². The van der Waals surface area contributed by atoms with E-state index in [1.807, 2.05) is 32.9 Å². The zero-order chi connectivity index (χ0) is 14.4. The monoisotopic (exact) mass is 256 g/mol. The van der Waals surface area contributed by atoms with Crippen molar-refractivity contribution in [2.24, 2.45) is 0 Å².